The lowest BCUT2D eigenvalue weighted by Crippen LogP contribution is -2.23. The Morgan fingerprint density at radius 3 is 2.70 bits per heavy atom. The number of halogens is 2. The molecule has 0 saturated heterocycles. The number of hydrogen-bond acceptors (Lipinski definition) is 2. The monoisotopic (exact) mass is 346 g/mol. The van der Waals surface area contributed by atoms with Gasteiger partial charge in [-0.25, -0.2) is 0 Å². The second kappa shape index (κ2) is 6.07. The van der Waals surface area contributed by atoms with E-state index in [4.69, 9.17) is 23.2 Å². The maximum atomic E-state index is 12.4. The van der Waals surface area contributed by atoms with Crippen LogP contribution in [0.1, 0.15) is 15.9 Å². The molecule has 1 aromatic heterocycles. The first-order valence-corrected chi connectivity index (χ1v) is 7.60. The Morgan fingerprint density at radius 1 is 1.13 bits per heavy atom. The summed E-state index contributed by atoms with van der Waals surface area (Å²) in [6, 6.07) is 10.2. The summed E-state index contributed by atoms with van der Waals surface area (Å²) in [4.78, 5) is 27.6. The van der Waals surface area contributed by atoms with Gasteiger partial charge in [-0.1, -0.05) is 29.3 Å². The number of rotatable bonds is 3. The number of hydrogen-bond donors (Lipinski definition) is 2. The third kappa shape index (κ3) is 2.96. The van der Waals surface area contributed by atoms with Crippen molar-refractivity contribution in [3.05, 3.63) is 63.8 Å². The number of Topliss-reactive ketones (excluding diaryl/α,β-unsaturated/α-hetero) is 1. The number of carbonyl (C=O) groups excluding carboxylic acids is 2. The molecule has 0 aliphatic rings. The van der Waals surface area contributed by atoms with Gasteiger partial charge in [-0.2, -0.15) is 0 Å². The van der Waals surface area contributed by atoms with Crippen molar-refractivity contribution in [1.82, 2.24) is 4.98 Å². The molecule has 0 aliphatic carbocycles. The zero-order valence-corrected chi connectivity index (χ0v) is 13.6. The lowest BCUT2D eigenvalue weighted by molar-refractivity contribution is -0.112. The summed E-state index contributed by atoms with van der Waals surface area (Å²) in [5.41, 5.74) is 2.23. The summed E-state index contributed by atoms with van der Waals surface area (Å²) in [6.07, 6.45) is 1.51. The van der Waals surface area contributed by atoms with Gasteiger partial charge < -0.3 is 10.3 Å². The van der Waals surface area contributed by atoms with Gasteiger partial charge in [0.1, 0.15) is 0 Å². The van der Waals surface area contributed by atoms with Gasteiger partial charge in [0.15, 0.2) is 0 Å². The van der Waals surface area contributed by atoms with Crippen molar-refractivity contribution in [2.75, 3.05) is 5.32 Å². The number of fused-ring (bicyclic) bond motifs is 1. The molecule has 0 bridgehead atoms. The van der Waals surface area contributed by atoms with E-state index in [0.717, 1.165) is 5.52 Å². The molecule has 1 heterocycles. The summed E-state index contributed by atoms with van der Waals surface area (Å²) in [5, 5.41) is 4.23. The Kier molecular flexibility index (Phi) is 4.11. The maximum absolute atomic E-state index is 12.4. The topological polar surface area (TPSA) is 62.0 Å². The number of aromatic amines is 1. The quantitative estimate of drug-likeness (QED) is 0.537. The van der Waals surface area contributed by atoms with Crippen LogP contribution in [0.2, 0.25) is 10.0 Å². The molecule has 6 heteroatoms. The van der Waals surface area contributed by atoms with E-state index in [1.54, 1.807) is 43.3 Å². The average molecular weight is 347 g/mol. The predicted octanol–water partition coefficient (Wildman–Crippen LogP) is 4.60. The van der Waals surface area contributed by atoms with Gasteiger partial charge in [-0.05, 0) is 42.8 Å². The number of benzene rings is 2. The molecule has 0 fully saturated rings. The van der Waals surface area contributed by atoms with Crippen LogP contribution in [-0.2, 0) is 4.79 Å². The van der Waals surface area contributed by atoms with Gasteiger partial charge in [0.05, 0.1) is 5.56 Å². The largest absolute Gasteiger partial charge is 0.360 e. The molecule has 2 N–H and O–H groups in total. The second-order valence-electron chi connectivity index (χ2n) is 5.09. The molecule has 3 aromatic rings. The number of nitrogens with one attached hydrogen (secondary N) is 2. The first-order valence-electron chi connectivity index (χ1n) is 6.85. The number of aromatic nitrogens is 1. The van der Waals surface area contributed by atoms with Crippen molar-refractivity contribution in [2.24, 2.45) is 0 Å². The normalized spacial score (nSPS) is 10.7. The van der Waals surface area contributed by atoms with Gasteiger partial charge in [-0.3, -0.25) is 9.59 Å². The predicted molar refractivity (Wildman–Crippen MR) is 92.5 cm³/mol. The van der Waals surface area contributed by atoms with Crippen molar-refractivity contribution in [3.8, 4) is 0 Å². The minimum absolute atomic E-state index is 0.277. The first-order chi connectivity index (χ1) is 11.0. The maximum Gasteiger partial charge on any atom is 0.296 e. The van der Waals surface area contributed by atoms with Crippen LogP contribution in [0.25, 0.3) is 10.9 Å². The third-order valence-electron chi connectivity index (χ3n) is 3.61. The summed E-state index contributed by atoms with van der Waals surface area (Å²) in [6.45, 7) is 1.77. The van der Waals surface area contributed by atoms with Crippen LogP contribution in [-0.4, -0.2) is 16.7 Å². The Labute approximate surface area is 142 Å². The Balaban J connectivity index is 1.91. The van der Waals surface area contributed by atoms with E-state index in [9.17, 15) is 9.59 Å². The van der Waals surface area contributed by atoms with Gasteiger partial charge in [0.25, 0.3) is 11.7 Å². The fraction of sp³-hybridized carbons (Fsp3) is 0.0588. The Bertz CT molecular complexity index is 931. The molecule has 3 rings (SSSR count). The number of anilines is 1. The second-order valence-corrected chi connectivity index (χ2v) is 5.93. The molecule has 23 heavy (non-hydrogen) atoms. The van der Waals surface area contributed by atoms with Gasteiger partial charge in [0, 0.05) is 32.8 Å². The first kappa shape index (κ1) is 15.6. The highest BCUT2D eigenvalue weighted by atomic mass is 35.5. The standard InChI is InChI=1S/C17H12Cl2N2O2/c1-9-13(19)3-2-4-14(9)21-17(23)16(22)12-8-20-15-6-5-10(18)7-11(12)15/h2-8,20H,1H3,(H,21,23). The van der Waals surface area contributed by atoms with Gasteiger partial charge >= 0.3 is 0 Å². The average Bonchev–Trinajstić information content (AvgIpc) is 2.94. The molecule has 116 valence electrons. The van der Waals surface area contributed by atoms with Crippen molar-refractivity contribution < 1.29 is 9.59 Å². The summed E-state index contributed by atoms with van der Waals surface area (Å²) < 4.78 is 0. The van der Waals surface area contributed by atoms with Crippen LogP contribution in [0.3, 0.4) is 0 Å². The molecular formula is C17H12Cl2N2O2. The van der Waals surface area contributed by atoms with Crippen LogP contribution in [0.5, 0.6) is 0 Å². The molecule has 4 nitrogen and oxygen atoms in total. The van der Waals surface area contributed by atoms with E-state index in [2.05, 4.69) is 10.3 Å². The molecule has 0 unspecified atom stereocenters. The van der Waals surface area contributed by atoms with Crippen LogP contribution < -0.4 is 5.32 Å². The molecule has 1 amide bonds. The fourth-order valence-electron chi connectivity index (χ4n) is 2.32. The van der Waals surface area contributed by atoms with Crippen LogP contribution in [0.15, 0.2) is 42.6 Å². The fourth-order valence-corrected chi connectivity index (χ4v) is 2.67. The number of H-pyrrole nitrogens is 1. The van der Waals surface area contributed by atoms with E-state index in [1.807, 2.05) is 0 Å². The molecule has 2 aromatic carbocycles. The van der Waals surface area contributed by atoms with E-state index in [-0.39, 0.29) is 5.56 Å². The lowest BCUT2D eigenvalue weighted by atomic mass is 10.1. The minimum atomic E-state index is -0.726. The smallest absolute Gasteiger partial charge is 0.296 e. The number of ketones is 1. The van der Waals surface area contributed by atoms with Crippen molar-refractivity contribution in [2.45, 2.75) is 6.92 Å². The Hall–Kier alpha value is -2.30. The molecule has 0 saturated carbocycles. The van der Waals surface area contributed by atoms with E-state index in [1.165, 1.54) is 6.20 Å². The van der Waals surface area contributed by atoms with Crippen molar-refractivity contribution in [1.29, 1.82) is 0 Å². The molecule has 0 radical (unpaired) electrons. The lowest BCUT2D eigenvalue weighted by Gasteiger charge is -2.08. The third-order valence-corrected chi connectivity index (χ3v) is 4.26. The van der Waals surface area contributed by atoms with Crippen molar-refractivity contribution >= 4 is 51.5 Å². The Morgan fingerprint density at radius 2 is 1.91 bits per heavy atom. The molecule has 0 spiro atoms. The van der Waals surface area contributed by atoms with Crippen LogP contribution in [0.4, 0.5) is 5.69 Å². The van der Waals surface area contributed by atoms with Crippen molar-refractivity contribution in [3.63, 3.8) is 0 Å². The highest BCUT2D eigenvalue weighted by Crippen LogP contribution is 2.25. The van der Waals surface area contributed by atoms with Crippen LogP contribution >= 0.6 is 23.2 Å². The highest BCUT2D eigenvalue weighted by molar-refractivity contribution is 6.48. The van der Waals surface area contributed by atoms with E-state index >= 15 is 0 Å². The van der Waals surface area contributed by atoms with Crippen LogP contribution in [0, 0.1) is 6.92 Å². The number of amides is 1. The van der Waals surface area contributed by atoms with Gasteiger partial charge in [-0.15, -0.1) is 0 Å². The highest BCUT2D eigenvalue weighted by Gasteiger charge is 2.21. The van der Waals surface area contributed by atoms with Gasteiger partial charge in [0.2, 0.25) is 0 Å². The number of carbonyl (C=O) groups is 2. The molecular weight excluding hydrogens is 335 g/mol. The summed E-state index contributed by atoms with van der Waals surface area (Å²) in [5.74, 6) is -1.37. The zero-order chi connectivity index (χ0) is 16.6. The minimum Gasteiger partial charge on any atom is -0.360 e. The van der Waals surface area contributed by atoms with E-state index < -0.39 is 11.7 Å². The molecule has 0 aliphatic heterocycles. The summed E-state index contributed by atoms with van der Waals surface area (Å²) in [7, 11) is 0. The zero-order valence-electron chi connectivity index (χ0n) is 12.1. The summed E-state index contributed by atoms with van der Waals surface area (Å²) >= 11 is 12.0. The van der Waals surface area contributed by atoms with E-state index in [0.29, 0.717) is 26.7 Å². The molecule has 0 atom stereocenters. The SMILES string of the molecule is Cc1c(Cl)cccc1NC(=O)C(=O)c1c[nH]c2ccc(Cl)cc12.